The Bertz CT molecular complexity index is 454. The molecule has 0 fully saturated rings. The maximum absolute atomic E-state index is 8.24. The number of anilines is 1. The highest BCUT2D eigenvalue weighted by Gasteiger charge is 2.01. The van der Waals surface area contributed by atoms with Crippen molar-refractivity contribution in [2.75, 3.05) is 5.32 Å². The van der Waals surface area contributed by atoms with E-state index in [1.54, 1.807) is 12.4 Å². The van der Waals surface area contributed by atoms with Crippen LogP contribution in [-0.4, -0.2) is 6.21 Å². The van der Waals surface area contributed by atoms with Crippen LogP contribution in [0.15, 0.2) is 46.4 Å². The van der Waals surface area contributed by atoms with Crippen LogP contribution in [0.5, 0.6) is 0 Å². The lowest BCUT2D eigenvalue weighted by Crippen LogP contribution is -1.90. The lowest BCUT2D eigenvalue weighted by Gasteiger charge is -2.01. The van der Waals surface area contributed by atoms with Crippen LogP contribution in [0.4, 0.5) is 5.69 Å². The van der Waals surface area contributed by atoms with Crippen LogP contribution in [0.25, 0.3) is 10.4 Å². The molecule has 0 saturated carbocycles. The molecule has 0 saturated heterocycles. The van der Waals surface area contributed by atoms with E-state index < -0.39 is 0 Å². The fraction of sp³-hybridized carbons (Fsp3) is 0. The average molecular weight is 185 g/mol. The molecule has 0 spiro atoms. The van der Waals surface area contributed by atoms with Gasteiger partial charge in [-0.1, -0.05) is 18.2 Å². The molecule has 0 radical (unpaired) electrons. The molecule has 2 rings (SSSR count). The summed E-state index contributed by atoms with van der Waals surface area (Å²) < 4.78 is 0. The minimum atomic E-state index is 0.323. The topological polar surface area (TPSA) is 73.2 Å². The quantitative estimate of drug-likeness (QED) is 0.407. The molecule has 0 aliphatic carbocycles. The highest BCUT2D eigenvalue weighted by molar-refractivity contribution is 5.89. The van der Waals surface area contributed by atoms with Crippen LogP contribution < -0.4 is 5.32 Å². The third-order valence-electron chi connectivity index (χ3n) is 1.80. The van der Waals surface area contributed by atoms with E-state index in [4.69, 9.17) is 5.53 Å². The smallest absolute Gasteiger partial charge is 0.142 e. The van der Waals surface area contributed by atoms with Crippen LogP contribution in [-0.2, 0) is 0 Å². The monoisotopic (exact) mass is 185 g/mol. The molecule has 0 bridgehead atoms. The first-order chi connectivity index (χ1) is 6.90. The molecule has 0 unspecified atom stereocenters. The second kappa shape index (κ2) is 3.64. The molecular weight excluding hydrogens is 178 g/mol. The van der Waals surface area contributed by atoms with Crippen molar-refractivity contribution < 1.29 is 0 Å². The zero-order valence-electron chi connectivity index (χ0n) is 7.25. The van der Waals surface area contributed by atoms with Gasteiger partial charge in [-0.25, -0.2) is 0 Å². The summed E-state index contributed by atoms with van der Waals surface area (Å²) in [4.78, 5) is 6.67. The first-order valence-electron chi connectivity index (χ1n) is 4.05. The van der Waals surface area contributed by atoms with Gasteiger partial charge in [-0.05, 0) is 16.7 Å². The van der Waals surface area contributed by atoms with E-state index in [-0.39, 0.29) is 0 Å². The van der Waals surface area contributed by atoms with Crippen molar-refractivity contribution in [1.82, 2.24) is 0 Å². The van der Waals surface area contributed by atoms with Crippen molar-refractivity contribution in [1.29, 1.82) is 0 Å². The fourth-order valence-electron chi connectivity index (χ4n) is 1.16. The third-order valence-corrected chi connectivity index (χ3v) is 1.80. The molecule has 1 aliphatic rings. The van der Waals surface area contributed by atoms with E-state index in [1.807, 2.05) is 24.3 Å². The van der Waals surface area contributed by atoms with Gasteiger partial charge >= 0.3 is 0 Å². The van der Waals surface area contributed by atoms with Crippen LogP contribution in [0.1, 0.15) is 5.56 Å². The Morgan fingerprint density at radius 3 is 3.07 bits per heavy atom. The van der Waals surface area contributed by atoms with Crippen molar-refractivity contribution in [2.45, 2.75) is 0 Å². The summed E-state index contributed by atoms with van der Waals surface area (Å²) in [6, 6.07) is 7.70. The van der Waals surface area contributed by atoms with Crippen molar-refractivity contribution >= 4 is 11.9 Å². The Kier molecular flexibility index (Phi) is 2.17. The molecule has 14 heavy (non-hydrogen) atoms. The summed E-state index contributed by atoms with van der Waals surface area (Å²) in [6.07, 6.45) is 3.23. The van der Waals surface area contributed by atoms with Crippen molar-refractivity contribution in [3.05, 3.63) is 52.3 Å². The summed E-state index contributed by atoms with van der Waals surface area (Å²) in [5.74, 6) is 0.323. The Morgan fingerprint density at radius 1 is 1.36 bits per heavy atom. The van der Waals surface area contributed by atoms with Gasteiger partial charge in [-0.15, -0.1) is 0 Å². The number of hydrogen-bond acceptors (Lipinski definition) is 3. The van der Waals surface area contributed by atoms with E-state index >= 15 is 0 Å². The highest BCUT2D eigenvalue weighted by Crippen LogP contribution is 2.16. The van der Waals surface area contributed by atoms with E-state index in [0.717, 1.165) is 11.3 Å². The first-order valence-corrected chi connectivity index (χ1v) is 4.05. The maximum atomic E-state index is 8.24. The van der Waals surface area contributed by atoms with Crippen LogP contribution >= 0.6 is 0 Å². The number of para-hydroxylation sites is 1. The highest BCUT2D eigenvalue weighted by atomic mass is 15.2. The first kappa shape index (κ1) is 8.34. The minimum Gasteiger partial charge on any atom is -0.359 e. The minimum absolute atomic E-state index is 0.323. The normalized spacial score (nSPS) is 13.0. The number of aliphatic imine (C=N–C) groups is 1. The third kappa shape index (κ3) is 1.57. The van der Waals surface area contributed by atoms with Crippen molar-refractivity contribution in [3.63, 3.8) is 0 Å². The van der Waals surface area contributed by atoms with Gasteiger partial charge in [-0.2, -0.15) is 0 Å². The Labute approximate surface area is 80.4 Å². The Morgan fingerprint density at radius 2 is 2.21 bits per heavy atom. The van der Waals surface area contributed by atoms with Crippen molar-refractivity contribution in [2.24, 2.45) is 10.1 Å². The molecule has 1 N–H and O–H groups in total. The maximum Gasteiger partial charge on any atom is 0.142 e. The molecule has 0 aromatic heterocycles. The summed E-state index contributed by atoms with van der Waals surface area (Å²) >= 11 is 0. The molecule has 5 heteroatoms. The van der Waals surface area contributed by atoms with Crippen molar-refractivity contribution in [3.8, 4) is 0 Å². The second-order valence-electron chi connectivity index (χ2n) is 2.68. The molecule has 0 amide bonds. The zero-order chi connectivity index (χ0) is 9.80. The number of fused-ring (bicyclic) bond motifs is 1. The summed E-state index contributed by atoms with van der Waals surface area (Å²) in [5.41, 5.74) is 10.2. The van der Waals surface area contributed by atoms with Crippen LogP contribution in [0.2, 0.25) is 0 Å². The van der Waals surface area contributed by atoms with Gasteiger partial charge < -0.3 is 5.32 Å². The molecule has 1 aromatic carbocycles. The average Bonchev–Trinajstić information content (AvgIpc) is 2.42. The SMILES string of the molecule is [N-]=[N+]=NC1=CNc2ccccc2C=N1. The number of azide groups is 1. The number of rotatable bonds is 1. The molecule has 5 nitrogen and oxygen atoms in total. The predicted molar refractivity (Wildman–Crippen MR) is 54.9 cm³/mol. The number of benzene rings is 1. The summed E-state index contributed by atoms with van der Waals surface area (Å²) in [7, 11) is 0. The molecule has 1 heterocycles. The van der Waals surface area contributed by atoms with Gasteiger partial charge in [-0.3, -0.25) is 4.99 Å². The van der Waals surface area contributed by atoms with Gasteiger partial charge in [0.1, 0.15) is 5.82 Å². The Balaban J connectivity index is 2.40. The lowest BCUT2D eigenvalue weighted by atomic mass is 10.2. The second-order valence-corrected chi connectivity index (χ2v) is 2.68. The standard InChI is InChI=1S/C9H7N5/c10-14-13-9-6-11-8-4-2-1-3-7(8)5-12-9/h1-6,11H. The van der Waals surface area contributed by atoms with Gasteiger partial charge in [0.2, 0.25) is 0 Å². The zero-order valence-corrected chi connectivity index (χ0v) is 7.25. The van der Waals surface area contributed by atoms with E-state index in [2.05, 4.69) is 20.3 Å². The van der Waals surface area contributed by atoms with E-state index in [1.165, 1.54) is 0 Å². The molecule has 0 atom stereocenters. The number of nitrogens with zero attached hydrogens (tertiary/aromatic N) is 4. The molecule has 1 aromatic rings. The Hall–Kier alpha value is -2.26. The lowest BCUT2D eigenvalue weighted by molar-refractivity contribution is 1.22. The molecule has 68 valence electrons. The predicted octanol–water partition coefficient (Wildman–Crippen LogP) is 2.64. The summed E-state index contributed by atoms with van der Waals surface area (Å²) in [6.45, 7) is 0. The van der Waals surface area contributed by atoms with E-state index in [9.17, 15) is 0 Å². The molecule has 1 aliphatic heterocycles. The van der Waals surface area contributed by atoms with E-state index in [0.29, 0.717) is 5.82 Å². The number of nitrogens with one attached hydrogen (secondary N) is 1. The largest absolute Gasteiger partial charge is 0.359 e. The van der Waals surface area contributed by atoms with Gasteiger partial charge in [0, 0.05) is 28.6 Å². The van der Waals surface area contributed by atoms with Gasteiger partial charge in [0.25, 0.3) is 0 Å². The van der Waals surface area contributed by atoms with Gasteiger partial charge in [0.15, 0.2) is 0 Å². The summed E-state index contributed by atoms with van der Waals surface area (Å²) in [5, 5.41) is 6.42. The number of hydrogen-bond donors (Lipinski definition) is 1. The fourth-order valence-corrected chi connectivity index (χ4v) is 1.16. The van der Waals surface area contributed by atoms with Crippen LogP contribution in [0.3, 0.4) is 0 Å². The van der Waals surface area contributed by atoms with Crippen LogP contribution in [0, 0.1) is 0 Å². The van der Waals surface area contributed by atoms with Gasteiger partial charge in [0.05, 0.1) is 0 Å². The molecular formula is C9H7N5.